The molecule has 2 N–H and O–H groups in total. The number of carbonyl (C=O) groups is 1. The summed E-state index contributed by atoms with van der Waals surface area (Å²) in [5.41, 5.74) is 10.0. The van der Waals surface area contributed by atoms with Gasteiger partial charge in [-0.1, -0.05) is 54.6 Å². The molecule has 0 fully saturated rings. The zero-order valence-corrected chi connectivity index (χ0v) is 19.6. The molecule has 33 heavy (non-hydrogen) atoms. The minimum absolute atomic E-state index is 0.00295. The molecule has 0 saturated carbocycles. The topological polar surface area (TPSA) is 83.7 Å². The fourth-order valence-electron chi connectivity index (χ4n) is 4.24. The van der Waals surface area contributed by atoms with Crippen LogP contribution in [0.3, 0.4) is 0 Å². The molecule has 0 aromatic heterocycles. The maximum Gasteiger partial charge on any atom is 0.264 e. The monoisotopic (exact) mass is 463 g/mol. The first-order valence-corrected chi connectivity index (χ1v) is 12.6. The summed E-state index contributed by atoms with van der Waals surface area (Å²) in [7, 11) is -2.20. The van der Waals surface area contributed by atoms with Gasteiger partial charge in [-0.3, -0.25) is 9.10 Å². The third-order valence-corrected chi connectivity index (χ3v) is 7.91. The van der Waals surface area contributed by atoms with Crippen LogP contribution in [-0.4, -0.2) is 27.9 Å². The molecule has 0 aliphatic carbocycles. The highest BCUT2D eigenvalue weighted by atomic mass is 32.2. The fourth-order valence-corrected chi connectivity index (χ4v) is 5.47. The molecule has 0 spiro atoms. The van der Waals surface area contributed by atoms with Crippen LogP contribution >= 0.6 is 0 Å². The lowest BCUT2D eigenvalue weighted by Gasteiger charge is -2.34. The predicted octanol–water partition coefficient (Wildman–Crippen LogP) is 3.88. The summed E-state index contributed by atoms with van der Waals surface area (Å²) in [5.74, 6) is -0.00295. The molecular weight excluding hydrogens is 434 g/mol. The van der Waals surface area contributed by atoms with E-state index in [0.29, 0.717) is 37.3 Å². The van der Waals surface area contributed by atoms with Gasteiger partial charge in [-0.15, -0.1) is 0 Å². The van der Waals surface area contributed by atoms with Gasteiger partial charge in [0.2, 0.25) is 5.91 Å². The second-order valence-corrected chi connectivity index (χ2v) is 10.2. The van der Waals surface area contributed by atoms with Crippen LogP contribution in [0.15, 0.2) is 77.7 Å². The lowest BCUT2D eigenvalue weighted by molar-refractivity contribution is -0.118. The summed E-state index contributed by atoms with van der Waals surface area (Å²) in [4.78, 5) is 15.3. The van der Waals surface area contributed by atoms with Gasteiger partial charge in [0.25, 0.3) is 10.0 Å². The minimum atomic E-state index is -3.75. The molecule has 6 nitrogen and oxygen atoms in total. The third kappa shape index (κ3) is 4.79. The number of hydrogen-bond donors (Lipinski definition) is 1. The first-order valence-electron chi connectivity index (χ1n) is 11.2. The van der Waals surface area contributed by atoms with E-state index >= 15 is 0 Å². The van der Waals surface area contributed by atoms with Gasteiger partial charge in [-0.25, -0.2) is 8.42 Å². The Balaban J connectivity index is 1.61. The lowest BCUT2D eigenvalue weighted by Crippen LogP contribution is -2.38. The first kappa shape index (κ1) is 23.0. The van der Waals surface area contributed by atoms with Crippen LogP contribution in [0.5, 0.6) is 0 Å². The van der Waals surface area contributed by atoms with Crippen LogP contribution in [0.2, 0.25) is 0 Å². The van der Waals surface area contributed by atoms with E-state index in [0.717, 1.165) is 29.5 Å². The normalized spacial score (nSPS) is 13.5. The molecule has 0 saturated heterocycles. The van der Waals surface area contributed by atoms with Gasteiger partial charge in [-0.2, -0.15) is 0 Å². The van der Waals surface area contributed by atoms with E-state index in [1.165, 1.54) is 4.31 Å². The number of hydrogen-bond acceptors (Lipinski definition) is 4. The molecule has 7 heteroatoms. The highest BCUT2D eigenvalue weighted by Gasteiger charge is 2.30. The number of benzene rings is 3. The van der Waals surface area contributed by atoms with Crippen molar-refractivity contribution in [3.63, 3.8) is 0 Å². The van der Waals surface area contributed by atoms with Gasteiger partial charge < -0.3 is 10.6 Å². The maximum absolute atomic E-state index is 13.3. The Kier molecular flexibility index (Phi) is 6.81. The quantitative estimate of drug-likeness (QED) is 0.576. The van der Waals surface area contributed by atoms with Crippen LogP contribution in [0, 0.1) is 0 Å². The molecular formula is C26H29N3O3S. The van der Waals surface area contributed by atoms with E-state index in [1.807, 2.05) is 36.4 Å². The molecule has 0 atom stereocenters. The van der Waals surface area contributed by atoms with Gasteiger partial charge in [0, 0.05) is 26.6 Å². The van der Waals surface area contributed by atoms with E-state index in [1.54, 1.807) is 48.3 Å². The number of rotatable bonds is 7. The van der Waals surface area contributed by atoms with Crippen molar-refractivity contribution in [3.8, 4) is 0 Å². The molecule has 1 aliphatic heterocycles. The van der Waals surface area contributed by atoms with Crippen molar-refractivity contribution in [2.24, 2.45) is 5.73 Å². The number of fused-ring (bicyclic) bond motifs is 1. The highest BCUT2D eigenvalue weighted by molar-refractivity contribution is 7.92. The van der Waals surface area contributed by atoms with E-state index in [9.17, 15) is 13.2 Å². The Morgan fingerprint density at radius 1 is 0.970 bits per heavy atom. The van der Waals surface area contributed by atoms with Crippen molar-refractivity contribution >= 4 is 27.3 Å². The molecule has 0 unspecified atom stereocenters. The Hall–Kier alpha value is -3.16. The fraction of sp³-hybridized carbons (Fsp3) is 0.269. The molecule has 0 radical (unpaired) electrons. The smallest absolute Gasteiger partial charge is 0.264 e. The number of aryl methyl sites for hydroxylation is 2. The molecule has 1 heterocycles. The lowest BCUT2D eigenvalue weighted by atomic mass is 9.99. The minimum Gasteiger partial charge on any atom is -0.326 e. The number of nitrogens with zero attached hydrogens (tertiary/aromatic N) is 2. The number of para-hydroxylation sites is 1. The van der Waals surface area contributed by atoms with Crippen molar-refractivity contribution in [1.29, 1.82) is 0 Å². The van der Waals surface area contributed by atoms with Gasteiger partial charge >= 0.3 is 0 Å². The summed E-state index contributed by atoms with van der Waals surface area (Å²) in [6.07, 6.45) is 2.63. The first-order chi connectivity index (χ1) is 15.9. The number of anilines is 2. The molecule has 3 aromatic rings. The van der Waals surface area contributed by atoms with Crippen LogP contribution in [0.1, 0.15) is 29.5 Å². The third-order valence-electron chi connectivity index (χ3n) is 6.12. The van der Waals surface area contributed by atoms with Gasteiger partial charge in [-0.05, 0) is 54.2 Å². The van der Waals surface area contributed by atoms with E-state index in [2.05, 4.69) is 0 Å². The molecule has 4 rings (SSSR count). The van der Waals surface area contributed by atoms with Crippen LogP contribution in [0.4, 0.5) is 11.4 Å². The average Bonchev–Trinajstić information content (AvgIpc) is 2.86. The van der Waals surface area contributed by atoms with E-state index < -0.39 is 10.0 Å². The summed E-state index contributed by atoms with van der Waals surface area (Å²) >= 11 is 0. The van der Waals surface area contributed by atoms with E-state index in [4.69, 9.17) is 5.73 Å². The molecule has 172 valence electrons. The Morgan fingerprint density at radius 2 is 1.67 bits per heavy atom. The molecule has 1 amide bonds. The summed E-state index contributed by atoms with van der Waals surface area (Å²) in [6.45, 7) is 1.07. The second kappa shape index (κ2) is 9.77. The van der Waals surface area contributed by atoms with Gasteiger partial charge in [0.15, 0.2) is 0 Å². The number of nitrogens with two attached hydrogens (primary N) is 1. The van der Waals surface area contributed by atoms with Crippen LogP contribution < -0.4 is 14.9 Å². The standard InChI is InChI=1S/C26H29N3O3S/c1-28(33(31,32)23-9-3-2-4-10-23)24-11-5-7-22-8-6-18-29(26(22)24)25(30)17-16-20-12-14-21(19-27)15-13-20/h2-5,7,9-15H,6,8,16-19,27H2,1H3. The molecule has 1 aliphatic rings. The van der Waals surface area contributed by atoms with Crippen molar-refractivity contribution < 1.29 is 13.2 Å². The highest BCUT2D eigenvalue weighted by Crippen LogP contribution is 2.38. The summed E-state index contributed by atoms with van der Waals surface area (Å²) in [6, 6.07) is 22.0. The number of carbonyl (C=O) groups excluding carboxylic acids is 1. The number of sulfonamides is 1. The summed E-state index contributed by atoms with van der Waals surface area (Å²) in [5, 5.41) is 0. The molecule has 0 bridgehead atoms. The van der Waals surface area contributed by atoms with Gasteiger partial charge in [0.05, 0.1) is 16.3 Å². The van der Waals surface area contributed by atoms with Crippen LogP contribution in [0.25, 0.3) is 0 Å². The van der Waals surface area contributed by atoms with Crippen LogP contribution in [-0.2, 0) is 34.2 Å². The Bertz CT molecular complexity index is 1230. The van der Waals surface area contributed by atoms with Crippen molar-refractivity contribution in [2.75, 3.05) is 22.8 Å². The predicted molar refractivity (Wildman–Crippen MR) is 132 cm³/mol. The largest absolute Gasteiger partial charge is 0.326 e. The van der Waals surface area contributed by atoms with Crippen molar-refractivity contribution in [1.82, 2.24) is 0 Å². The maximum atomic E-state index is 13.3. The van der Waals surface area contributed by atoms with Gasteiger partial charge in [0.1, 0.15) is 0 Å². The average molecular weight is 464 g/mol. The SMILES string of the molecule is CN(c1cccc2c1N(C(=O)CCc1ccc(CN)cc1)CCC2)S(=O)(=O)c1ccccc1. The zero-order valence-electron chi connectivity index (χ0n) is 18.8. The Labute approximate surface area is 195 Å². The van der Waals surface area contributed by atoms with Crippen molar-refractivity contribution in [2.45, 2.75) is 37.1 Å². The zero-order chi connectivity index (χ0) is 23.4. The number of amides is 1. The second-order valence-electron chi connectivity index (χ2n) is 8.24. The van der Waals surface area contributed by atoms with E-state index in [-0.39, 0.29) is 10.8 Å². The van der Waals surface area contributed by atoms with Crippen molar-refractivity contribution in [3.05, 3.63) is 89.5 Å². The molecule has 3 aromatic carbocycles. The Morgan fingerprint density at radius 3 is 2.36 bits per heavy atom. The summed E-state index contributed by atoms with van der Waals surface area (Å²) < 4.78 is 27.8.